The fourth-order valence-corrected chi connectivity index (χ4v) is 2.22. The molecule has 0 atom stereocenters. The van der Waals surface area contributed by atoms with Crippen molar-refractivity contribution in [2.45, 2.75) is 6.54 Å². The van der Waals surface area contributed by atoms with Gasteiger partial charge in [-0.3, -0.25) is 4.79 Å². The molecule has 1 heterocycles. The van der Waals surface area contributed by atoms with Crippen molar-refractivity contribution in [1.82, 2.24) is 5.32 Å². The van der Waals surface area contributed by atoms with E-state index in [9.17, 15) is 14.4 Å². The van der Waals surface area contributed by atoms with Gasteiger partial charge in [-0.1, -0.05) is 18.2 Å². The summed E-state index contributed by atoms with van der Waals surface area (Å²) < 4.78 is 19.2. The number of nitrogens with one attached hydrogen (secondary N) is 1. The first kappa shape index (κ1) is 16.4. The highest BCUT2D eigenvalue weighted by Gasteiger charge is 2.14. The number of carbonyl (C=O) groups is 1. The molecule has 5 nitrogen and oxygen atoms in total. The smallest absolute Gasteiger partial charge is 0.317 e. The molecule has 25 heavy (non-hydrogen) atoms. The van der Waals surface area contributed by atoms with Gasteiger partial charge in [0.25, 0.3) is 5.69 Å². The van der Waals surface area contributed by atoms with Crippen molar-refractivity contribution < 1.29 is 18.7 Å². The van der Waals surface area contributed by atoms with Gasteiger partial charge in [0.15, 0.2) is 6.20 Å². The SMILES string of the molecule is O=C(NCc1ccc(Oc2cccc(F)c2)cc1)c1cccc[n+]1[O-]. The molecule has 0 saturated carbocycles. The molecular formula is C19H15FN2O3. The van der Waals surface area contributed by atoms with Crippen LogP contribution in [0, 0.1) is 11.0 Å². The summed E-state index contributed by atoms with van der Waals surface area (Å²) in [6.45, 7) is 0.272. The highest BCUT2D eigenvalue weighted by atomic mass is 19.1. The average Bonchev–Trinajstić information content (AvgIpc) is 2.61. The Labute approximate surface area is 143 Å². The van der Waals surface area contributed by atoms with Gasteiger partial charge in [0, 0.05) is 24.7 Å². The third-order valence-electron chi connectivity index (χ3n) is 3.46. The van der Waals surface area contributed by atoms with Gasteiger partial charge in [-0.15, -0.1) is 0 Å². The number of hydrogen-bond acceptors (Lipinski definition) is 3. The van der Waals surface area contributed by atoms with E-state index in [2.05, 4.69) is 5.32 Å². The van der Waals surface area contributed by atoms with Crippen LogP contribution in [0.4, 0.5) is 4.39 Å². The van der Waals surface area contributed by atoms with Gasteiger partial charge in [0.05, 0.1) is 0 Å². The predicted molar refractivity (Wildman–Crippen MR) is 89.5 cm³/mol. The highest BCUT2D eigenvalue weighted by molar-refractivity contribution is 5.90. The number of benzene rings is 2. The van der Waals surface area contributed by atoms with E-state index < -0.39 is 5.91 Å². The molecule has 0 radical (unpaired) electrons. The van der Waals surface area contributed by atoms with E-state index in [0.29, 0.717) is 16.2 Å². The fraction of sp³-hybridized carbons (Fsp3) is 0.0526. The van der Waals surface area contributed by atoms with Crippen LogP contribution in [0.5, 0.6) is 11.5 Å². The van der Waals surface area contributed by atoms with E-state index in [1.165, 1.54) is 24.4 Å². The Morgan fingerprint density at radius 2 is 1.84 bits per heavy atom. The number of amides is 1. The zero-order valence-electron chi connectivity index (χ0n) is 13.2. The zero-order chi connectivity index (χ0) is 17.6. The molecule has 0 saturated heterocycles. The summed E-state index contributed by atoms with van der Waals surface area (Å²) in [5.74, 6) is 0.148. The Bertz CT molecular complexity index is 882. The molecular weight excluding hydrogens is 323 g/mol. The van der Waals surface area contributed by atoms with E-state index in [0.717, 1.165) is 5.56 Å². The first-order valence-electron chi connectivity index (χ1n) is 7.60. The molecule has 3 rings (SSSR count). The number of nitrogens with zero attached hydrogens (tertiary/aromatic N) is 1. The Balaban J connectivity index is 1.59. The minimum absolute atomic E-state index is 0.0357. The van der Waals surface area contributed by atoms with Crippen LogP contribution in [0.2, 0.25) is 0 Å². The molecule has 0 fully saturated rings. The molecule has 1 amide bonds. The van der Waals surface area contributed by atoms with Crippen molar-refractivity contribution in [2.24, 2.45) is 0 Å². The first-order chi connectivity index (χ1) is 12.1. The third kappa shape index (κ3) is 4.32. The van der Waals surface area contributed by atoms with Gasteiger partial charge >= 0.3 is 5.91 Å². The van der Waals surface area contributed by atoms with Gasteiger partial charge in [0.1, 0.15) is 17.3 Å². The number of halogens is 1. The summed E-state index contributed by atoms with van der Waals surface area (Å²) in [6.07, 6.45) is 1.27. The van der Waals surface area contributed by atoms with E-state index in [4.69, 9.17) is 4.74 Å². The molecule has 1 N–H and O–H groups in total. The average molecular weight is 338 g/mol. The van der Waals surface area contributed by atoms with Gasteiger partial charge in [-0.2, -0.15) is 4.73 Å². The predicted octanol–water partition coefficient (Wildman–Crippen LogP) is 3.18. The van der Waals surface area contributed by atoms with Gasteiger partial charge in [-0.05, 0) is 35.9 Å². The number of ether oxygens (including phenoxy) is 1. The monoisotopic (exact) mass is 338 g/mol. The van der Waals surface area contributed by atoms with Crippen molar-refractivity contribution >= 4 is 5.91 Å². The maximum Gasteiger partial charge on any atom is 0.317 e. The van der Waals surface area contributed by atoms with E-state index in [1.54, 1.807) is 48.5 Å². The molecule has 6 heteroatoms. The second-order valence-corrected chi connectivity index (χ2v) is 5.30. The Morgan fingerprint density at radius 3 is 2.56 bits per heavy atom. The lowest BCUT2D eigenvalue weighted by atomic mass is 10.2. The molecule has 0 unspecified atom stereocenters. The Morgan fingerprint density at radius 1 is 1.04 bits per heavy atom. The highest BCUT2D eigenvalue weighted by Crippen LogP contribution is 2.22. The summed E-state index contributed by atoms with van der Waals surface area (Å²) in [6, 6.07) is 17.5. The maximum absolute atomic E-state index is 13.1. The summed E-state index contributed by atoms with van der Waals surface area (Å²) in [5.41, 5.74) is 0.877. The van der Waals surface area contributed by atoms with Crippen molar-refractivity contribution in [3.8, 4) is 11.5 Å². The molecule has 1 aromatic heterocycles. The summed E-state index contributed by atoms with van der Waals surface area (Å²) >= 11 is 0. The Hall–Kier alpha value is -3.41. The quantitative estimate of drug-likeness (QED) is 0.574. The summed E-state index contributed by atoms with van der Waals surface area (Å²) in [7, 11) is 0. The molecule has 2 aromatic carbocycles. The van der Waals surface area contributed by atoms with Crippen LogP contribution in [0.25, 0.3) is 0 Å². The molecule has 0 aliphatic rings. The number of rotatable bonds is 5. The van der Waals surface area contributed by atoms with E-state index in [-0.39, 0.29) is 18.1 Å². The zero-order valence-corrected chi connectivity index (χ0v) is 13.2. The Kier molecular flexibility index (Phi) is 4.89. The second-order valence-electron chi connectivity index (χ2n) is 5.30. The molecule has 126 valence electrons. The van der Waals surface area contributed by atoms with Crippen LogP contribution < -0.4 is 14.8 Å². The van der Waals surface area contributed by atoms with Crippen molar-refractivity contribution in [3.63, 3.8) is 0 Å². The number of carbonyl (C=O) groups excluding carboxylic acids is 1. The largest absolute Gasteiger partial charge is 0.618 e. The van der Waals surface area contributed by atoms with Gasteiger partial charge in [-0.25, -0.2) is 4.39 Å². The van der Waals surface area contributed by atoms with Crippen molar-refractivity contribution in [3.05, 3.63) is 95.2 Å². The van der Waals surface area contributed by atoms with Crippen LogP contribution in [0.15, 0.2) is 72.9 Å². The topological polar surface area (TPSA) is 65.3 Å². The first-order valence-corrected chi connectivity index (χ1v) is 7.60. The van der Waals surface area contributed by atoms with Crippen LogP contribution in [-0.4, -0.2) is 5.91 Å². The minimum Gasteiger partial charge on any atom is -0.618 e. The van der Waals surface area contributed by atoms with Gasteiger partial charge < -0.3 is 15.3 Å². The van der Waals surface area contributed by atoms with Crippen LogP contribution in [-0.2, 0) is 6.54 Å². The van der Waals surface area contributed by atoms with Crippen LogP contribution >= 0.6 is 0 Å². The van der Waals surface area contributed by atoms with E-state index in [1.807, 2.05) is 0 Å². The molecule has 3 aromatic rings. The van der Waals surface area contributed by atoms with Crippen molar-refractivity contribution in [1.29, 1.82) is 0 Å². The molecule has 0 spiro atoms. The van der Waals surface area contributed by atoms with E-state index >= 15 is 0 Å². The van der Waals surface area contributed by atoms with Gasteiger partial charge in [0.2, 0.25) is 0 Å². The molecule has 0 aliphatic carbocycles. The normalized spacial score (nSPS) is 10.3. The second kappa shape index (κ2) is 7.44. The minimum atomic E-state index is -0.448. The lowest BCUT2D eigenvalue weighted by Gasteiger charge is -2.08. The number of hydrogen-bond donors (Lipinski definition) is 1. The molecule has 0 bridgehead atoms. The lowest BCUT2D eigenvalue weighted by Crippen LogP contribution is -2.38. The number of pyridine rings is 1. The molecule has 0 aliphatic heterocycles. The summed E-state index contributed by atoms with van der Waals surface area (Å²) in [4.78, 5) is 12.0. The fourth-order valence-electron chi connectivity index (χ4n) is 2.22. The van der Waals surface area contributed by atoms with Crippen LogP contribution in [0.3, 0.4) is 0 Å². The maximum atomic E-state index is 13.1. The number of aromatic nitrogens is 1. The van der Waals surface area contributed by atoms with Crippen LogP contribution in [0.1, 0.15) is 16.1 Å². The van der Waals surface area contributed by atoms with Crippen molar-refractivity contribution in [2.75, 3.05) is 0 Å². The lowest BCUT2D eigenvalue weighted by molar-refractivity contribution is -0.607. The summed E-state index contributed by atoms with van der Waals surface area (Å²) in [5, 5.41) is 14.2. The third-order valence-corrected chi connectivity index (χ3v) is 3.46. The standard InChI is InChI=1S/C19H15FN2O3/c20-15-4-3-5-17(12-15)25-16-9-7-14(8-10-16)13-21-19(23)18-6-1-2-11-22(18)24/h1-12H,13H2,(H,21,23).